The number of fused-ring (bicyclic) bond motifs is 1. The van der Waals surface area contributed by atoms with Crippen molar-refractivity contribution in [2.75, 3.05) is 0 Å². The summed E-state index contributed by atoms with van der Waals surface area (Å²) in [5.41, 5.74) is 3.61. The van der Waals surface area contributed by atoms with Gasteiger partial charge >= 0.3 is 0 Å². The minimum absolute atomic E-state index is 0.0264. The van der Waals surface area contributed by atoms with Crippen molar-refractivity contribution in [3.8, 4) is 0 Å². The van der Waals surface area contributed by atoms with Gasteiger partial charge in [-0.1, -0.05) is 37.6 Å². The highest BCUT2D eigenvalue weighted by atomic mass is 16.1. The van der Waals surface area contributed by atoms with E-state index in [0.717, 1.165) is 43.6 Å². The zero-order valence-corrected chi connectivity index (χ0v) is 11.9. The summed E-state index contributed by atoms with van der Waals surface area (Å²) in [5.74, 6) is 1.08. The molecule has 1 aliphatic rings. The number of H-pyrrole nitrogens is 1. The van der Waals surface area contributed by atoms with Crippen molar-refractivity contribution in [2.24, 2.45) is 0 Å². The lowest BCUT2D eigenvalue weighted by molar-refractivity contribution is 0.585. The highest BCUT2D eigenvalue weighted by Crippen LogP contribution is 2.34. The molecule has 0 fully saturated rings. The Bertz CT molecular complexity index is 660. The van der Waals surface area contributed by atoms with E-state index in [0.29, 0.717) is 0 Å². The Morgan fingerprint density at radius 1 is 1.35 bits per heavy atom. The zero-order chi connectivity index (χ0) is 13.9. The number of hydrogen-bond acceptors (Lipinski definition) is 2. The number of rotatable bonds is 3. The molecular weight excluding hydrogens is 248 g/mol. The van der Waals surface area contributed by atoms with Crippen molar-refractivity contribution in [2.45, 2.75) is 44.9 Å². The molecular formula is C17H20N2O. The van der Waals surface area contributed by atoms with Gasteiger partial charge in [-0.25, -0.2) is 4.98 Å². The summed E-state index contributed by atoms with van der Waals surface area (Å²) in [5, 5.41) is 0. The van der Waals surface area contributed by atoms with E-state index in [1.165, 1.54) is 11.1 Å². The van der Waals surface area contributed by atoms with Gasteiger partial charge in [0.25, 0.3) is 5.56 Å². The molecule has 0 bridgehead atoms. The van der Waals surface area contributed by atoms with E-state index in [1.54, 1.807) is 6.07 Å². The molecule has 3 heteroatoms. The maximum Gasteiger partial charge on any atom is 0.251 e. The third kappa shape index (κ3) is 2.53. The first-order valence-electron chi connectivity index (χ1n) is 7.46. The Morgan fingerprint density at radius 3 is 3.05 bits per heavy atom. The van der Waals surface area contributed by atoms with Crippen molar-refractivity contribution in [3.63, 3.8) is 0 Å². The highest BCUT2D eigenvalue weighted by Gasteiger charge is 2.23. The fourth-order valence-corrected chi connectivity index (χ4v) is 3.12. The average molecular weight is 268 g/mol. The van der Waals surface area contributed by atoms with Crippen molar-refractivity contribution >= 4 is 0 Å². The minimum atomic E-state index is -0.0264. The van der Waals surface area contributed by atoms with E-state index >= 15 is 0 Å². The van der Waals surface area contributed by atoms with E-state index in [9.17, 15) is 4.79 Å². The summed E-state index contributed by atoms with van der Waals surface area (Å²) >= 11 is 0. The van der Waals surface area contributed by atoms with Crippen LogP contribution in [-0.2, 0) is 12.8 Å². The molecule has 0 radical (unpaired) electrons. The normalized spacial score (nSPS) is 17.8. The van der Waals surface area contributed by atoms with Gasteiger partial charge in [0.05, 0.1) is 0 Å². The fourth-order valence-electron chi connectivity index (χ4n) is 3.12. The van der Waals surface area contributed by atoms with E-state index < -0.39 is 0 Å². The zero-order valence-electron chi connectivity index (χ0n) is 11.9. The second kappa shape index (κ2) is 5.61. The topological polar surface area (TPSA) is 45.8 Å². The number of nitrogens with one attached hydrogen (secondary N) is 1. The Labute approximate surface area is 119 Å². The summed E-state index contributed by atoms with van der Waals surface area (Å²) in [6.07, 6.45) is 5.23. The summed E-state index contributed by atoms with van der Waals surface area (Å²) < 4.78 is 0. The van der Waals surface area contributed by atoms with Crippen molar-refractivity contribution < 1.29 is 0 Å². The Hall–Kier alpha value is -1.90. The molecule has 1 aromatic carbocycles. The van der Waals surface area contributed by atoms with Gasteiger partial charge in [-0.15, -0.1) is 0 Å². The van der Waals surface area contributed by atoms with E-state index in [2.05, 4.69) is 36.2 Å². The first kappa shape index (κ1) is 13.1. The summed E-state index contributed by atoms with van der Waals surface area (Å²) in [6, 6.07) is 10.2. The third-order valence-electron chi connectivity index (χ3n) is 4.02. The van der Waals surface area contributed by atoms with Gasteiger partial charge in [-0.05, 0) is 36.8 Å². The van der Waals surface area contributed by atoms with Crippen LogP contribution in [0.25, 0.3) is 0 Å². The van der Waals surface area contributed by atoms with Crippen LogP contribution in [0.3, 0.4) is 0 Å². The van der Waals surface area contributed by atoms with Crippen LogP contribution in [0.5, 0.6) is 0 Å². The van der Waals surface area contributed by atoms with Gasteiger partial charge in [0.15, 0.2) is 0 Å². The van der Waals surface area contributed by atoms with Gasteiger partial charge in [0.2, 0.25) is 0 Å². The Balaban J connectivity index is 2.04. The standard InChI is InChI=1S/C17H20N2O/c1-2-6-13-11-16(20)19-17(18-13)15-10-5-8-12-7-3-4-9-14(12)15/h3-4,7,9,11,15H,2,5-6,8,10H2,1H3,(H,18,19,20). The molecule has 0 amide bonds. The van der Waals surface area contributed by atoms with Crippen LogP contribution in [0.4, 0.5) is 0 Å². The lowest BCUT2D eigenvalue weighted by atomic mass is 9.82. The molecule has 1 aliphatic carbocycles. The Kier molecular flexibility index (Phi) is 3.68. The van der Waals surface area contributed by atoms with Gasteiger partial charge in [-0.2, -0.15) is 0 Å². The molecule has 1 atom stereocenters. The molecule has 1 heterocycles. The minimum Gasteiger partial charge on any atom is -0.310 e. The summed E-state index contributed by atoms with van der Waals surface area (Å²) in [7, 11) is 0. The first-order chi connectivity index (χ1) is 9.78. The lowest BCUT2D eigenvalue weighted by Crippen LogP contribution is -2.19. The van der Waals surface area contributed by atoms with E-state index in [4.69, 9.17) is 4.98 Å². The van der Waals surface area contributed by atoms with E-state index in [-0.39, 0.29) is 11.5 Å². The lowest BCUT2D eigenvalue weighted by Gasteiger charge is -2.24. The molecule has 0 saturated heterocycles. The van der Waals surface area contributed by atoms with Crippen molar-refractivity contribution in [1.29, 1.82) is 0 Å². The summed E-state index contributed by atoms with van der Waals surface area (Å²) in [4.78, 5) is 19.5. The predicted molar refractivity (Wildman–Crippen MR) is 80.1 cm³/mol. The first-order valence-corrected chi connectivity index (χ1v) is 7.46. The molecule has 20 heavy (non-hydrogen) atoms. The van der Waals surface area contributed by atoms with Gasteiger partial charge in [0.1, 0.15) is 5.82 Å². The predicted octanol–water partition coefficient (Wildman–Crippen LogP) is 3.19. The fraction of sp³-hybridized carbons (Fsp3) is 0.412. The number of aromatic nitrogens is 2. The van der Waals surface area contributed by atoms with Crippen LogP contribution in [0.15, 0.2) is 35.1 Å². The second-order valence-corrected chi connectivity index (χ2v) is 5.52. The highest BCUT2D eigenvalue weighted by molar-refractivity contribution is 5.36. The SMILES string of the molecule is CCCc1cc(=O)[nH]c(C2CCCc3ccccc32)n1. The molecule has 104 valence electrons. The van der Waals surface area contributed by atoms with E-state index in [1.807, 2.05) is 0 Å². The average Bonchev–Trinajstić information content (AvgIpc) is 2.46. The van der Waals surface area contributed by atoms with Crippen molar-refractivity contribution in [1.82, 2.24) is 9.97 Å². The number of hydrogen-bond donors (Lipinski definition) is 1. The number of nitrogens with zero attached hydrogens (tertiary/aromatic N) is 1. The van der Waals surface area contributed by atoms with Crippen LogP contribution < -0.4 is 5.56 Å². The molecule has 0 aliphatic heterocycles. The number of aromatic amines is 1. The van der Waals surface area contributed by atoms with Gasteiger partial charge in [-0.3, -0.25) is 4.79 Å². The van der Waals surface area contributed by atoms with Crippen LogP contribution in [-0.4, -0.2) is 9.97 Å². The molecule has 1 aromatic heterocycles. The second-order valence-electron chi connectivity index (χ2n) is 5.52. The van der Waals surface area contributed by atoms with Crippen LogP contribution in [0, 0.1) is 0 Å². The van der Waals surface area contributed by atoms with Crippen LogP contribution in [0.2, 0.25) is 0 Å². The summed E-state index contributed by atoms with van der Waals surface area (Å²) in [6.45, 7) is 2.11. The molecule has 1 N–H and O–H groups in total. The number of benzene rings is 1. The Morgan fingerprint density at radius 2 is 2.20 bits per heavy atom. The maximum atomic E-state index is 11.8. The smallest absolute Gasteiger partial charge is 0.251 e. The van der Waals surface area contributed by atoms with Crippen molar-refractivity contribution in [3.05, 3.63) is 63.3 Å². The van der Waals surface area contributed by atoms with Crippen LogP contribution in [0.1, 0.15) is 54.7 Å². The van der Waals surface area contributed by atoms with Gasteiger partial charge < -0.3 is 4.98 Å². The van der Waals surface area contributed by atoms with Gasteiger partial charge in [0, 0.05) is 17.7 Å². The molecule has 3 rings (SSSR count). The molecule has 1 unspecified atom stereocenters. The maximum absolute atomic E-state index is 11.8. The largest absolute Gasteiger partial charge is 0.310 e. The quantitative estimate of drug-likeness (QED) is 0.929. The molecule has 2 aromatic rings. The van der Waals surface area contributed by atoms with Crippen LogP contribution >= 0.6 is 0 Å². The molecule has 3 nitrogen and oxygen atoms in total. The molecule has 0 saturated carbocycles. The third-order valence-corrected chi connectivity index (χ3v) is 4.02. The monoisotopic (exact) mass is 268 g/mol. The molecule has 0 spiro atoms. The number of aryl methyl sites for hydroxylation is 2.